The fourth-order valence-electron chi connectivity index (χ4n) is 2.43. The fourth-order valence-corrected chi connectivity index (χ4v) is 2.43. The minimum absolute atomic E-state index is 0.166. The summed E-state index contributed by atoms with van der Waals surface area (Å²) in [4.78, 5) is 11.6. The lowest BCUT2D eigenvalue weighted by molar-refractivity contribution is 0.00578. The number of amides is 1. The van der Waals surface area contributed by atoms with Crippen LogP contribution < -0.4 is 5.32 Å². The van der Waals surface area contributed by atoms with E-state index in [4.69, 9.17) is 14.0 Å². The van der Waals surface area contributed by atoms with Crippen LogP contribution in [0.4, 0.5) is 4.79 Å². The Balaban J connectivity index is 1.75. The predicted molar refractivity (Wildman–Crippen MR) is 82.2 cm³/mol. The highest BCUT2D eigenvalue weighted by atomic mass is 16.7. The van der Waals surface area contributed by atoms with Gasteiger partial charge in [0.1, 0.15) is 5.60 Å². The third-order valence-corrected chi connectivity index (χ3v) is 4.51. The van der Waals surface area contributed by atoms with Gasteiger partial charge in [-0.25, -0.2) is 4.79 Å². The summed E-state index contributed by atoms with van der Waals surface area (Å²) in [7, 11) is -0.166. The van der Waals surface area contributed by atoms with Gasteiger partial charge in [0.25, 0.3) is 0 Å². The molecule has 2 atom stereocenters. The zero-order chi connectivity index (χ0) is 16.1. The van der Waals surface area contributed by atoms with Gasteiger partial charge in [0.2, 0.25) is 0 Å². The van der Waals surface area contributed by atoms with Gasteiger partial charge >= 0.3 is 13.2 Å². The number of ether oxygens (including phenoxy) is 1. The molecule has 120 valence electrons. The zero-order valence-electron chi connectivity index (χ0n) is 14.3. The third kappa shape index (κ3) is 3.92. The molecular formula is C15H28BNO4. The van der Waals surface area contributed by atoms with Gasteiger partial charge in [-0.05, 0) is 66.6 Å². The Morgan fingerprint density at radius 2 is 1.76 bits per heavy atom. The maximum atomic E-state index is 11.6. The SMILES string of the molecule is CC(C)(C)OC(=O)NC[C@@H]1C[C@H]1B1OC(C)(C)C(C)(C)O1. The molecule has 0 spiro atoms. The fraction of sp³-hybridized carbons (Fsp3) is 0.933. The first-order valence-corrected chi connectivity index (χ1v) is 7.74. The van der Waals surface area contributed by atoms with Crippen molar-refractivity contribution in [1.29, 1.82) is 0 Å². The van der Waals surface area contributed by atoms with Crippen LogP contribution in [-0.2, 0) is 14.0 Å². The Labute approximate surface area is 128 Å². The van der Waals surface area contributed by atoms with Crippen LogP contribution in [0.2, 0.25) is 5.82 Å². The van der Waals surface area contributed by atoms with E-state index in [0.717, 1.165) is 6.42 Å². The molecule has 6 heteroatoms. The van der Waals surface area contributed by atoms with Crippen LogP contribution in [0, 0.1) is 5.92 Å². The van der Waals surface area contributed by atoms with Crippen molar-refractivity contribution < 1.29 is 18.8 Å². The van der Waals surface area contributed by atoms with Crippen molar-refractivity contribution in [2.45, 2.75) is 77.5 Å². The smallest absolute Gasteiger partial charge is 0.444 e. The molecule has 0 radical (unpaired) electrons. The summed E-state index contributed by atoms with van der Waals surface area (Å²) in [6, 6.07) is 0. The second-order valence-corrected chi connectivity index (χ2v) is 8.17. The lowest BCUT2D eigenvalue weighted by Crippen LogP contribution is -2.41. The Bertz CT molecular complexity index is 400. The topological polar surface area (TPSA) is 56.8 Å². The molecule has 1 amide bonds. The number of hydrogen-bond acceptors (Lipinski definition) is 4. The Morgan fingerprint density at radius 1 is 1.24 bits per heavy atom. The molecule has 5 nitrogen and oxygen atoms in total. The van der Waals surface area contributed by atoms with Gasteiger partial charge in [-0.15, -0.1) is 0 Å². The molecule has 0 aromatic heterocycles. The third-order valence-electron chi connectivity index (χ3n) is 4.51. The van der Waals surface area contributed by atoms with Crippen LogP contribution >= 0.6 is 0 Å². The van der Waals surface area contributed by atoms with E-state index in [9.17, 15) is 4.79 Å². The molecule has 2 rings (SSSR count). The average molecular weight is 297 g/mol. The number of alkyl carbamates (subject to hydrolysis) is 1. The summed E-state index contributed by atoms with van der Waals surface area (Å²) in [5.74, 6) is 0.771. The molecule has 2 aliphatic rings. The van der Waals surface area contributed by atoms with Crippen molar-refractivity contribution >= 4 is 13.2 Å². The molecule has 1 N–H and O–H groups in total. The first kappa shape index (κ1) is 16.6. The molecule has 1 aliphatic heterocycles. The van der Waals surface area contributed by atoms with Gasteiger partial charge in [-0.1, -0.05) is 0 Å². The molecule has 2 fully saturated rings. The molecule has 1 heterocycles. The molecule has 0 unspecified atom stereocenters. The van der Waals surface area contributed by atoms with Crippen LogP contribution in [0.15, 0.2) is 0 Å². The normalized spacial score (nSPS) is 30.1. The number of nitrogens with one attached hydrogen (secondary N) is 1. The Hall–Kier alpha value is -0.745. The molecule has 1 aliphatic carbocycles. The van der Waals surface area contributed by atoms with Gasteiger partial charge in [-0.3, -0.25) is 0 Å². The minimum Gasteiger partial charge on any atom is -0.444 e. The molecule has 0 aromatic carbocycles. The van der Waals surface area contributed by atoms with Crippen molar-refractivity contribution in [2.24, 2.45) is 5.92 Å². The summed E-state index contributed by atoms with van der Waals surface area (Å²) in [6.07, 6.45) is 0.661. The maximum Gasteiger partial charge on any atom is 0.461 e. The van der Waals surface area contributed by atoms with Crippen LogP contribution in [0.25, 0.3) is 0 Å². The van der Waals surface area contributed by atoms with Crippen molar-refractivity contribution in [3.05, 3.63) is 0 Å². The Morgan fingerprint density at radius 3 is 2.24 bits per heavy atom. The summed E-state index contributed by atoms with van der Waals surface area (Å²) >= 11 is 0. The highest BCUT2D eigenvalue weighted by Gasteiger charge is 2.59. The van der Waals surface area contributed by atoms with Crippen LogP contribution in [-0.4, -0.2) is 36.6 Å². The van der Waals surface area contributed by atoms with E-state index in [2.05, 4.69) is 33.0 Å². The van der Waals surface area contributed by atoms with Crippen molar-refractivity contribution in [1.82, 2.24) is 5.32 Å². The standard InChI is InChI=1S/C15H28BNO4/c1-13(2,3)19-12(18)17-9-10-8-11(10)16-20-14(4,5)15(6,7)21-16/h10-11H,8-9H2,1-7H3,(H,17,18)/t10-,11+/m0/s1. The van der Waals surface area contributed by atoms with Gasteiger partial charge in [-0.2, -0.15) is 0 Å². The largest absolute Gasteiger partial charge is 0.461 e. The van der Waals surface area contributed by atoms with E-state index in [1.165, 1.54) is 0 Å². The van der Waals surface area contributed by atoms with Crippen LogP contribution in [0.5, 0.6) is 0 Å². The predicted octanol–water partition coefficient (Wildman–Crippen LogP) is 2.99. The van der Waals surface area contributed by atoms with Gasteiger partial charge < -0.3 is 19.4 Å². The van der Waals surface area contributed by atoms with Gasteiger partial charge in [0.05, 0.1) is 11.2 Å². The minimum atomic E-state index is -0.460. The molecule has 1 saturated heterocycles. The second kappa shape index (κ2) is 5.16. The summed E-state index contributed by atoms with van der Waals surface area (Å²) < 4.78 is 17.3. The quantitative estimate of drug-likeness (QED) is 0.814. The molecule has 21 heavy (non-hydrogen) atoms. The number of carbonyl (C=O) groups excluding carboxylic acids is 1. The summed E-state index contributed by atoms with van der Waals surface area (Å²) in [5.41, 5.74) is -1.04. The molecule has 1 saturated carbocycles. The zero-order valence-corrected chi connectivity index (χ0v) is 14.3. The van der Waals surface area contributed by atoms with E-state index < -0.39 is 5.60 Å². The van der Waals surface area contributed by atoms with Crippen molar-refractivity contribution in [2.75, 3.05) is 6.54 Å². The van der Waals surface area contributed by atoms with E-state index in [-0.39, 0.29) is 24.4 Å². The van der Waals surface area contributed by atoms with Crippen LogP contribution in [0.1, 0.15) is 54.9 Å². The first-order chi connectivity index (χ1) is 9.41. The summed E-state index contributed by atoms with van der Waals surface area (Å²) in [5, 5.41) is 2.82. The van der Waals surface area contributed by atoms with Crippen molar-refractivity contribution in [3.63, 3.8) is 0 Å². The Kier molecular flexibility index (Phi) is 4.09. The van der Waals surface area contributed by atoms with E-state index in [1.807, 2.05) is 20.8 Å². The van der Waals surface area contributed by atoms with Gasteiger partial charge in [0, 0.05) is 6.54 Å². The average Bonchev–Trinajstić information content (AvgIpc) is 2.97. The highest BCUT2D eigenvalue weighted by Crippen LogP contribution is 2.52. The van der Waals surface area contributed by atoms with Gasteiger partial charge in [0.15, 0.2) is 0 Å². The van der Waals surface area contributed by atoms with E-state index in [0.29, 0.717) is 18.3 Å². The number of rotatable bonds is 3. The first-order valence-electron chi connectivity index (χ1n) is 7.74. The number of hydrogen-bond donors (Lipinski definition) is 1. The van der Waals surface area contributed by atoms with E-state index in [1.54, 1.807) is 0 Å². The summed E-state index contributed by atoms with van der Waals surface area (Å²) in [6.45, 7) is 14.4. The lowest BCUT2D eigenvalue weighted by atomic mass is 9.80. The van der Waals surface area contributed by atoms with E-state index >= 15 is 0 Å². The monoisotopic (exact) mass is 297 g/mol. The van der Waals surface area contributed by atoms with Crippen molar-refractivity contribution in [3.8, 4) is 0 Å². The molecule has 0 aromatic rings. The van der Waals surface area contributed by atoms with Crippen LogP contribution in [0.3, 0.4) is 0 Å². The highest BCUT2D eigenvalue weighted by molar-refractivity contribution is 6.48. The molecule has 0 bridgehead atoms. The lowest BCUT2D eigenvalue weighted by Gasteiger charge is -2.32. The molecular weight excluding hydrogens is 269 g/mol. The maximum absolute atomic E-state index is 11.6. The second-order valence-electron chi connectivity index (χ2n) is 8.17. The number of carbonyl (C=O) groups is 1.